The van der Waals surface area contributed by atoms with Gasteiger partial charge in [-0.05, 0) is 0 Å². The molecule has 11 rings (SSSR count). The molecule has 11 aromatic rings. The van der Waals surface area contributed by atoms with Crippen molar-refractivity contribution in [1.82, 2.24) is 9.13 Å². The number of rotatable bonds is 4. The van der Waals surface area contributed by atoms with Crippen molar-refractivity contribution in [2.45, 2.75) is 0 Å². The van der Waals surface area contributed by atoms with Crippen LogP contribution in [0.3, 0.4) is 0 Å². The molecule has 238 valence electrons. The Morgan fingerprint density at radius 1 is 0.333 bits per heavy atom. The number of hydrogen-bond donors (Lipinski definition) is 0. The molecular weight excluding hydrogens is 684 g/mol. The molecule has 0 saturated heterocycles. The van der Waals surface area contributed by atoms with Gasteiger partial charge in [0.25, 0.3) is 0 Å². The van der Waals surface area contributed by atoms with Crippen molar-refractivity contribution in [3.63, 3.8) is 0 Å². The normalized spacial score (nSPS) is 11.9. The minimum absolute atomic E-state index is 0.239. The molecule has 0 amide bonds. The van der Waals surface area contributed by atoms with Crippen molar-refractivity contribution in [2.24, 2.45) is 0 Å². The van der Waals surface area contributed by atoms with Gasteiger partial charge in [-0.3, -0.25) is 0 Å². The van der Waals surface area contributed by atoms with Crippen molar-refractivity contribution in [1.29, 1.82) is 0 Å². The average molecular weight is 714 g/mol. The Hall–Kier alpha value is -6.12. The van der Waals surface area contributed by atoms with Gasteiger partial charge in [0.1, 0.15) is 0 Å². The summed E-state index contributed by atoms with van der Waals surface area (Å²) in [6, 6.07) is 67.1. The van der Waals surface area contributed by atoms with Crippen LogP contribution in [0.2, 0.25) is 0 Å². The first-order valence-electron chi connectivity index (χ1n) is 17.4. The second-order valence-electron chi connectivity index (χ2n) is 13.3. The maximum atomic E-state index is 2.57. The zero-order valence-electron chi connectivity index (χ0n) is 27.6. The summed E-state index contributed by atoms with van der Waals surface area (Å²) in [5, 5.41) is 7.79. The Labute approximate surface area is 300 Å². The Morgan fingerprint density at radius 3 is 1.55 bits per heavy atom. The van der Waals surface area contributed by atoms with Gasteiger partial charge in [-0.25, -0.2) is 0 Å². The zero-order chi connectivity index (χ0) is 33.5. The van der Waals surface area contributed by atoms with Crippen molar-refractivity contribution in [3.8, 4) is 33.6 Å². The molecule has 0 N–H and O–H groups in total. The molecule has 2 nitrogen and oxygen atoms in total. The Bertz CT molecular complexity index is 3070. The molecule has 0 aliphatic carbocycles. The zero-order valence-corrected chi connectivity index (χ0v) is 29.3. The van der Waals surface area contributed by atoms with Crippen LogP contribution in [-0.2, 0) is 0 Å². The molecular formula is C48H30N2Se. The van der Waals surface area contributed by atoms with Crippen LogP contribution in [0, 0.1) is 0 Å². The van der Waals surface area contributed by atoms with E-state index in [1.54, 1.807) is 0 Å². The third-order valence-corrected chi connectivity index (χ3v) is 12.9. The number of fused-ring (bicyclic) bond motifs is 9. The molecule has 0 aliphatic rings. The first kappa shape index (κ1) is 28.7. The van der Waals surface area contributed by atoms with Gasteiger partial charge in [0.05, 0.1) is 0 Å². The summed E-state index contributed by atoms with van der Waals surface area (Å²) in [7, 11) is 0. The van der Waals surface area contributed by atoms with Gasteiger partial charge < -0.3 is 0 Å². The van der Waals surface area contributed by atoms with Crippen LogP contribution in [0.4, 0.5) is 0 Å². The molecule has 0 unspecified atom stereocenters. The molecule has 0 fully saturated rings. The average Bonchev–Trinajstić information content (AvgIpc) is 3.85. The van der Waals surface area contributed by atoms with Gasteiger partial charge in [-0.1, -0.05) is 0 Å². The fourth-order valence-corrected chi connectivity index (χ4v) is 10.6. The second-order valence-corrected chi connectivity index (χ2v) is 15.6. The summed E-state index contributed by atoms with van der Waals surface area (Å²) < 4.78 is 7.89. The summed E-state index contributed by atoms with van der Waals surface area (Å²) >= 11 is 0.239. The van der Waals surface area contributed by atoms with Crippen LogP contribution in [0.25, 0.3) is 96.5 Å². The van der Waals surface area contributed by atoms with E-state index in [0.717, 1.165) is 5.69 Å². The van der Waals surface area contributed by atoms with E-state index in [2.05, 4.69) is 191 Å². The van der Waals surface area contributed by atoms with Gasteiger partial charge in [0, 0.05) is 0 Å². The molecule has 0 spiro atoms. The number of aromatic nitrogens is 2. The molecule has 3 heteroatoms. The van der Waals surface area contributed by atoms with Crippen LogP contribution in [0.1, 0.15) is 0 Å². The SMILES string of the molecule is c1ccc(-c2ccc(-c3ccc4[se]c5ccccc5c4c3-n3c4ccccc4c4ccc(-n5c6ccccc6c6ccccc65)cc43)cc2)cc1. The van der Waals surface area contributed by atoms with Crippen LogP contribution >= 0.6 is 0 Å². The summed E-state index contributed by atoms with van der Waals surface area (Å²) in [6.07, 6.45) is 0. The van der Waals surface area contributed by atoms with Gasteiger partial charge in [0.2, 0.25) is 0 Å². The van der Waals surface area contributed by atoms with Gasteiger partial charge in [-0.2, -0.15) is 0 Å². The maximum absolute atomic E-state index is 2.57. The molecule has 3 aromatic heterocycles. The molecule has 0 atom stereocenters. The fourth-order valence-electron chi connectivity index (χ4n) is 8.28. The molecule has 0 aliphatic heterocycles. The van der Waals surface area contributed by atoms with Crippen molar-refractivity contribution >= 4 is 77.4 Å². The van der Waals surface area contributed by atoms with E-state index in [0.29, 0.717) is 0 Å². The van der Waals surface area contributed by atoms with E-state index < -0.39 is 0 Å². The van der Waals surface area contributed by atoms with E-state index in [9.17, 15) is 0 Å². The molecule has 0 saturated carbocycles. The van der Waals surface area contributed by atoms with Crippen LogP contribution < -0.4 is 0 Å². The number of nitrogens with zero attached hydrogens (tertiary/aromatic N) is 2. The van der Waals surface area contributed by atoms with Gasteiger partial charge >= 0.3 is 302 Å². The van der Waals surface area contributed by atoms with Crippen LogP contribution in [0.5, 0.6) is 0 Å². The van der Waals surface area contributed by atoms with Gasteiger partial charge in [0.15, 0.2) is 0 Å². The Balaban J connectivity index is 1.25. The van der Waals surface area contributed by atoms with E-state index in [-0.39, 0.29) is 14.5 Å². The third-order valence-electron chi connectivity index (χ3n) is 10.5. The standard InChI is InChI=1S/C48H30N2Se/c1-2-12-31(13-3-1)32-22-24-33(25-23-32)35-28-29-46-47(40-17-7-11-21-45(40)51-46)48(35)50-43-20-10-6-16-38(43)39-27-26-34(30-44(39)50)49-41-18-8-4-14-36(41)37-15-5-9-19-42(37)49/h1-30H. The summed E-state index contributed by atoms with van der Waals surface area (Å²) in [5.41, 5.74) is 12.2. The van der Waals surface area contributed by atoms with Crippen molar-refractivity contribution in [2.75, 3.05) is 0 Å². The molecule has 8 aromatic carbocycles. The van der Waals surface area contributed by atoms with E-state index in [1.807, 2.05) is 0 Å². The first-order valence-corrected chi connectivity index (χ1v) is 19.2. The van der Waals surface area contributed by atoms with Crippen molar-refractivity contribution < 1.29 is 0 Å². The first-order chi connectivity index (χ1) is 25.3. The number of benzene rings is 8. The quantitative estimate of drug-likeness (QED) is 0.161. The molecule has 3 heterocycles. The minimum atomic E-state index is 0.239. The predicted molar refractivity (Wildman–Crippen MR) is 218 cm³/mol. The molecule has 0 radical (unpaired) electrons. The summed E-state index contributed by atoms with van der Waals surface area (Å²) in [6.45, 7) is 0. The molecule has 0 bridgehead atoms. The fraction of sp³-hybridized carbons (Fsp3) is 0. The number of para-hydroxylation sites is 3. The van der Waals surface area contributed by atoms with Crippen molar-refractivity contribution in [3.05, 3.63) is 182 Å². The summed E-state index contributed by atoms with van der Waals surface area (Å²) in [5.74, 6) is 0. The topological polar surface area (TPSA) is 9.86 Å². The molecule has 51 heavy (non-hydrogen) atoms. The third kappa shape index (κ3) is 4.29. The van der Waals surface area contributed by atoms with E-state index in [1.165, 1.54) is 90.8 Å². The second kappa shape index (κ2) is 11.2. The van der Waals surface area contributed by atoms with E-state index in [4.69, 9.17) is 0 Å². The summed E-state index contributed by atoms with van der Waals surface area (Å²) in [4.78, 5) is 0. The van der Waals surface area contributed by atoms with E-state index >= 15 is 0 Å². The monoisotopic (exact) mass is 714 g/mol. The predicted octanol–water partition coefficient (Wildman–Crippen LogP) is 12.6. The Kier molecular flexibility index (Phi) is 6.30. The van der Waals surface area contributed by atoms with Crippen LogP contribution in [0.15, 0.2) is 182 Å². The van der Waals surface area contributed by atoms with Crippen LogP contribution in [-0.4, -0.2) is 23.6 Å². The van der Waals surface area contributed by atoms with Gasteiger partial charge in [-0.15, -0.1) is 0 Å². The number of hydrogen-bond acceptors (Lipinski definition) is 0. The Morgan fingerprint density at radius 2 is 0.863 bits per heavy atom.